The van der Waals surface area contributed by atoms with Crippen molar-refractivity contribution in [1.29, 1.82) is 0 Å². The van der Waals surface area contributed by atoms with Crippen LogP contribution in [0.25, 0.3) is 0 Å². The van der Waals surface area contributed by atoms with E-state index >= 15 is 0 Å². The van der Waals surface area contributed by atoms with Gasteiger partial charge in [-0.3, -0.25) is 9.59 Å². The SMILES string of the molecule is CCCCCCCCCCCCCCCCCCCCCCCCC(=O)O[C@H](COC(=O)CCCCCCCCCCCCCCCCCCCCCCC)CO[C@H]1O[C@@H](CO[C@H]2O[C@@H](CO)[C@@H](O)C(O)C2O)[C@@H](O)C(O)C1O. The molecule has 2 rings (SSSR count). The molecular formula is C64H122O15. The van der Waals surface area contributed by atoms with E-state index < -0.39 is 92.7 Å². The maximum absolute atomic E-state index is 13.1. The van der Waals surface area contributed by atoms with Crippen molar-refractivity contribution in [3.05, 3.63) is 0 Å². The lowest BCUT2D eigenvalue weighted by atomic mass is 9.98. The number of carbonyl (C=O) groups is 2. The van der Waals surface area contributed by atoms with Gasteiger partial charge in [0.25, 0.3) is 0 Å². The molecule has 15 heteroatoms. The number of carbonyl (C=O) groups excluding carboxylic acids is 2. The molecule has 2 fully saturated rings. The first kappa shape index (κ1) is 73.6. The van der Waals surface area contributed by atoms with E-state index in [1.54, 1.807) is 0 Å². The first-order chi connectivity index (χ1) is 38.5. The van der Waals surface area contributed by atoms with Gasteiger partial charge in [-0.1, -0.05) is 277 Å². The summed E-state index contributed by atoms with van der Waals surface area (Å²) in [6.45, 7) is 2.69. The van der Waals surface area contributed by atoms with Gasteiger partial charge in [-0.05, 0) is 12.8 Å². The lowest BCUT2D eigenvalue weighted by molar-refractivity contribution is -0.332. The number of ether oxygens (including phenoxy) is 6. The topological polar surface area (TPSA) is 231 Å². The fraction of sp³-hybridized carbons (Fsp3) is 0.969. The molecule has 0 bridgehead atoms. The summed E-state index contributed by atoms with van der Waals surface area (Å²) >= 11 is 0. The summed E-state index contributed by atoms with van der Waals surface area (Å²) in [5, 5.41) is 72.5. The van der Waals surface area contributed by atoms with E-state index in [0.717, 1.165) is 38.5 Å². The summed E-state index contributed by atoms with van der Waals surface area (Å²) in [4.78, 5) is 26.0. The Hall–Kier alpha value is -1.50. The van der Waals surface area contributed by atoms with Gasteiger partial charge in [0.05, 0.1) is 19.8 Å². The number of hydrogen-bond donors (Lipinski definition) is 7. The van der Waals surface area contributed by atoms with Crippen LogP contribution in [0.4, 0.5) is 0 Å². The van der Waals surface area contributed by atoms with Crippen LogP contribution in [0.15, 0.2) is 0 Å². The van der Waals surface area contributed by atoms with Crippen LogP contribution in [0.3, 0.4) is 0 Å². The summed E-state index contributed by atoms with van der Waals surface area (Å²) in [5.74, 6) is -0.898. The third-order valence-corrected chi connectivity index (χ3v) is 16.3. The summed E-state index contributed by atoms with van der Waals surface area (Å²) in [6, 6.07) is 0. The van der Waals surface area contributed by atoms with Crippen molar-refractivity contribution in [2.24, 2.45) is 0 Å². The molecule has 4 unspecified atom stereocenters. The van der Waals surface area contributed by atoms with Crippen molar-refractivity contribution >= 4 is 11.9 Å². The highest BCUT2D eigenvalue weighted by Gasteiger charge is 2.47. The molecule has 0 radical (unpaired) electrons. The van der Waals surface area contributed by atoms with Gasteiger partial charge < -0.3 is 64.2 Å². The van der Waals surface area contributed by atoms with E-state index in [-0.39, 0.29) is 26.1 Å². The molecule has 15 nitrogen and oxygen atoms in total. The number of rotatable bonds is 55. The maximum atomic E-state index is 13.1. The van der Waals surface area contributed by atoms with Gasteiger partial charge in [0.15, 0.2) is 18.7 Å². The molecular weight excluding hydrogens is 1010 g/mol. The highest BCUT2D eigenvalue weighted by atomic mass is 16.7. The highest BCUT2D eigenvalue weighted by molar-refractivity contribution is 5.70. The summed E-state index contributed by atoms with van der Waals surface area (Å²) in [5.41, 5.74) is 0. The molecule has 2 aliphatic rings. The highest BCUT2D eigenvalue weighted by Crippen LogP contribution is 2.27. The van der Waals surface area contributed by atoms with Gasteiger partial charge in [-0.25, -0.2) is 0 Å². The molecule has 7 N–H and O–H groups in total. The van der Waals surface area contributed by atoms with Crippen LogP contribution in [0.1, 0.15) is 303 Å². The van der Waals surface area contributed by atoms with Gasteiger partial charge in [0.2, 0.25) is 0 Å². The molecule has 11 atom stereocenters. The van der Waals surface area contributed by atoms with Crippen molar-refractivity contribution in [3.63, 3.8) is 0 Å². The predicted molar refractivity (Wildman–Crippen MR) is 312 cm³/mol. The Bertz CT molecular complexity index is 1370. The van der Waals surface area contributed by atoms with E-state index in [9.17, 15) is 45.3 Å². The third kappa shape index (κ3) is 37.4. The van der Waals surface area contributed by atoms with Gasteiger partial charge in [0, 0.05) is 12.8 Å². The van der Waals surface area contributed by atoms with Crippen LogP contribution >= 0.6 is 0 Å². The summed E-state index contributed by atoms with van der Waals surface area (Å²) < 4.78 is 33.8. The Morgan fingerprint density at radius 2 is 0.646 bits per heavy atom. The molecule has 0 aliphatic carbocycles. The van der Waals surface area contributed by atoms with Crippen LogP contribution in [0.2, 0.25) is 0 Å². The van der Waals surface area contributed by atoms with E-state index in [1.165, 1.54) is 225 Å². The number of aliphatic hydroxyl groups is 7. The lowest BCUT2D eigenvalue weighted by Crippen LogP contribution is -2.61. The minimum atomic E-state index is -1.76. The first-order valence-electron chi connectivity index (χ1n) is 33.1. The summed E-state index contributed by atoms with van der Waals surface area (Å²) in [7, 11) is 0. The average molecular weight is 1130 g/mol. The second-order valence-corrected chi connectivity index (χ2v) is 23.7. The fourth-order valence-electron chi connectivity index (χ4n) is 11.0. The van der Waals surface area contributed by atoms with Crippen molar-refractivity contribution in [1.82, 2.24) is 0 Å². The van der Waals surface area contributed by atoms with Crippen LogP contribution in [0, 0.1) is 0 Å². The van der Waals surface area contributed by atoms with Crippen molar-refractivity contribution in [2.75, 3.05) is 26.4 Å². The predicted octanol–water partition coefficient (Wildman–Crippen LogP) is 12.7. The molecule has 0 amide bonds. The van der Waals surface area contributed by atoms with Gasteiger partial charge >= 0.3 is 11.9 Å². The van der Waals surface area contributed by atoms with E-state index in [2.05, 4.69) is 13.8 Å². The monoisotopic (exact) mass is 1130 g/mol. The second kappa shape index (κ2) is 51.0. The lowest BCUT2D eigenvalue weighted by Gasteiger charge is -2.42. The average Bonchev–Trinajstić information content (AvgIpc) is 3.53. The van der Waals surface area contributed by atoms with Gasteiger partial charge in [-0.15, -0.1) is 0 Å². The fourth-order valence-corrected chi connectivity index (χ4v) is 11.0. The first-order valence-corrected chi connectivity index (χ1v) is 33.1. The van der Waals surface area contributed by atoms with Gasteiger partial charge in [0.1, 0.15) is 55.4 Å². The Morgan fingerprint density at radius 1 is 0.354 bits per heavy atom. The van der Waals surface area contributed by atoms with Crippen molar-refractivity contribution in [2.45, 2.75) is 370 Å². The molecule has 0 aromatic rings. The molecule has 0 saturated carbocycles. The zero-order valence-corrected chi connectivity index (χ0v) is 50.4. The molecule has 79 heavy (non-hydrogen) atoms. The standard InChI is InChI=1S/C64H122O15/c1-3-5-7-9-11-13-15-17-19-21-23-25-27-29-31-33-35-37-39-41-43-45-47-56(67)77-52(50-75-63-62(73)60(71)58(69)54(79-63)51-76-64-61(72)59(70)57(68)53(48-65)78-64)49-74-55(66)46-44-42-40-38-36-34-32-30-28-26-24-22-20-18-16-14-12-10-8-6-4-2/h52-54,57-65,68-73H,3-51H2,1-2H3/t52-,53+,54+,57-,58-,59?,60?,61?,62?,63+,64+/m1/s1. The molecule has 2 heterocycles. The molecule has 0 aromatic heterocycles. The molecule has 0 spiro atoms. The molecule has 0 aromatic carbocycles. The number of unbranched alkanes of at least 4 members (excludes halogenated alkanes) is 41. The zero-order chi connectivity index (χ0) is 57.4. The minimum Gasteiger partial charge on any atom is -0.462 e. The van der Waals surface area contributed by atoms with Crippen LogP contribution < -0.4 is 0 Å². The Labute approximate surface area is 480 Å². The third-order valence-electron chi connectivity index (χ3n) is 16.3. The maximum Gasteiger partial charge on any atom is 0.306 e. The molecule has 468 valence electrons. The summed E-state index contributed by atoms with van der Waals surface area (Å²) in [6.07, 6.45) is 38.4. The van der Waals surface area contributed by atoms with E-state index in [0.29, 0.717) is 12.8 Å². The smallest absolute Gasteiger partial charge is 0.306 e. The van der Waals surface area contributed by atoms with E-state index in [4.69, 9.17) is 28.4 Å². The van der Waals surface area contributed by atoms with E-state index in [1.807, 2.05) is 0 Å². The quantitative estimate of drug-likeness (QED) is 0.0222. The van der Waals surface area contributed by atoms with Crippen LogP contribution in [0.5, 0.6) is 0 Å². The van der Waals surface area contributed by atoms with Crippen molar-refractivity contribution < 1.29 is 73.8 Å². The largest absolute Gasteiger partial charge is 0.462 e. The van der Waals surface area contributed by atoms with Crippen molar-refractivity contribution in [3.8, 4) is 0 Å². The Kier molecular flexibility index (Phi) is 47.5. The molecule has 2 saturated heterocycles. The second-order valence-electron chi connectivity index (χ2n) is 23.7. The Balaban J connectivity index is 1.68. The minimum absolute atomic E-state index is 0.174. The van der Waals surface area contributed by atoms with Gasteiger partial charge in [-0.2, -0.15) is 0 Å². The zero-order valence-electron chi connectivity index (χ0n) is 50.4. The number of aliphatic hydroxyl groups excluding tert-OH is 7. The Morgan fingerprint density at radius 3 is 0.987 bits per heavy atom. The number of hydrogen-bond acceptors (Lipinski definition) is 15. The molecule has 2 aliphatic heterocycles. The van der Waals surface area contributed by atoms with Crippen LogP contribution in [-0.2, 0) is 38.0 Å². The normalized spacial score (nSPS) is 23.8. The van der Waals surface area contributed by atoms with Crippen LogP contribution in [-0.4, -0.2) is 142 Å². The number of esters is 2.